The molecule has 0 bridgehead atoms. The van der Waals surface area contributed by atoms with Gasteiger partial charge in [0.2, 0.25) is 0 Å². The minimum Gasteiger partial charge on any atom is -0.192 e. The van der Waals surface area contributed by atoms with Gasteiger partial charge in [0.25, 0.3) is 0 Å². The third-order valence-electron chi connectivity index (χ3n) is 9.12. The van der Waals surface area contributed by atoms with E-state index in [-0.39, 0.29) is 5.41 Å². The molecule has 0 spiro atoms. The summed E-state index contributed by atoms with van der Waals surface area (Å²) in [7, 11) is 0. The van der Waals surface area contributed by atoms with Crippen molar-refractivity contribution in [3.05, 3.63) is 181 Å². The Morgan fingerprint density at radius 1 is 0.375 bits per heavy atom. The Morgan fingerprint density at radius 3 is 0.917 bits per heavy atom. The van der Waals surface area contributed by atoms with Crippen LogP contribution < -0.4 is 0 Å². The maximum atomic E-state index is 11.3. The van der Waals surface area contributed by atoms with Gasteiger partial charge in [-0.05, 0) is 78.7 Å². The highest BCUT2D eigenvalue weighted by Gasteiger charge is 2.26. The van der Waals surface area contributed by atoms with Crippen LogP contribution in [0, 0.1) is 11.3 Å². The molecule has 7 aromatic carbocycles. The number of nitrogens with zero attached hydrogens (tertiary/aromatic N) is 1. The van der Waals surface area contributed by atoms with Gasteiger partial charge in [0.15, 0.2) is 0 Å². The van der Waals surface area contributed by atoms with E-state index in [0.29, 0.717) is 5.56 Å². The lowest BCUT2D eigenvalue weighted by Gasteiger charge is -2.26. The van der Waals surface area contributed by atoms with Crippen LogP contribution in [-0.2, 0) is 5.41 Å². The summed E-state index contributed by atoms with van der Waals surface area (Å²) in [6.45, 7) is 6.76. The molecule has 0 saturated carbocycles. The molecule has 48 heavy (non-hydrogen) atoms. The minimum absolute atomic E-state index is 0.180. The first-order valence-electron chi connectivity index (χ1n) is 16.5. The summed E-state index contributed by atoms with van der Waals surface area (Å²) in [5.41, 5.74) is 14.6. The fourth-order valence-corrected chi connectivity index (χ4v) is 6.71. The molecule has 7 aromatic rings. The topological polar surface area (TPSA) is 23.8 Å². The van der Waals surface area contributed by atoms with Crippen molar-refractivity contribution in [2.75, 3.05) is 0 Å². The number of hydrogen-bond acceptors (Lipinski definition) is 1. The summed E-state index contributed by atoms with van der Waals surface area (Å²) in [6.07, 6.45) is 0. The van der Waals surface area contributed by atoms with E-state index in [1.54, 1.807) is 0 Å². The zero-order valence-electron chi connectivity index (χ0n) is 27.6. The molecule has 0 saturated heterocycles. The zero-order valence-corrected chi connectivity index (χ0v) is 27.6. The highest BCUT2D eigenvalue weighted by Crippen LogP contribution is 2.48. The summed E-state index contributed by atoms with van der Waals surface area (Å²) >= 11 is 0. The molecule has 0 N–H and O–H groups in total. The molecule has 0 atom stereocenters. The smallest absolute Gasteiger partial charge is 0.100 e. The molecule has 0 aliphatic rings. The summed E-state index contributed by atoms with van der Waals surface area (Å²) in [6, 6.07) is 62.4. The van der Waals surface area contributed by atoms with Gasteiger partial charge in [0.1, 0.15) is 6.07 Å². The van der Waals surface area contributed by atoms with Crippen LogP contribution in [0.4, 0.5) is 0 Å². The molecule has 0 unspecified atom stereocenters. The third-order valence-corrected chi connectivity index (χ3v) is 9.12. The average molecular weight is 616 g/mol. The van der Waals surface area contributed by atoms with Crippen molar-refractivity contribution in [1.29, 1.82) is 5.26 Å². The van der Waals surface area contributed by atoms with Crippen LogP contribution in [0.5, 0.6) is 0 Å². The maximum Gasteiger partial charge on any atom is 0.100 e. The van der Waals surface area contributed by atoms with Gasteiger partial charge in [-0.25, -0.2) is 0 Å². The molecular weight excluding hydrogens is 579 g/mol. The van der Waals surface area contributed by atoms with E-state index in [4.69, 9.17) is 0 Å². The van der Waals surface area contributed by atoms with E-state index in [0.717, 1.165) is 66.8 Å². The summed E-state index contributed by atoms with van der Waals surface area (Å²) in [5.74, 6) is 0. The summed E-state index contributed by atoms with van der Waals surface area (Å²) in [4.78, 5) is 0. The van der Waals surface area contributed by atoms with Gasteiger partial charge in [0, 0.05) is 11.1 Å². The van der Waals surface area contributed by atoms with Crippen molar-refractivity contribution in [3.8, 4) is 72.8 Å². The fourth-order valence-electron chi connectivity index (χ4n) is 6.71. The van der Waals surface area contributed by atoms with Crippen LogP contribution in [0.1, 0.15) is 31.9 Å². The van der Waals surface area contributed by atoms with E-state index >= 15 is 0 Å². The van der Waals surface area contributed by atoms with E-state index in [1.165, 1.54) is 5.56 Å². The van der Waals surface area contributed by atoms with Gasteiger partial charge in [-0.15, -0.1) is 0 Å². The van der Waals surface area contributed by atoms with E-state index in [9.17, 15) is 5.26 Å². The van der Waals surface area contributed by atoms with Crippen molar-refractivity contribution < 1.29 is 0 Å². The molecule has 0 radical (unpaired) electrons. The van der Waals surface area contributed by atoms with Gasteiger partial charge < -0.3 is 0 Å². The Balaban J connectivity index is 1.65. The Hall–Kier alpha value is -5.97. The largest absolute Gasteiger partial charge is 0.192 e. The first-order valence-corrected chi connectivity index (χ1v) is 16.5. The Morgan fingerprint density at radius 2 is 0.667 bits per heavy atom. The number of rotatable bonds is 6. The Kier molecular flexibility index (Phi) is 8.33. The van der Waals surface area contributed by atoms with Gasteiger partial charge in [-0.1, -0.05) is 178 Å². The molecule has 7 rings (SSSR count). The molecule has 1 nitrogen and oxygen atoms in total. The van der Waals surface area contributed by atoms with E-state index in [2.05, 4.69) is 197 Å². The van der Waals surface area contributed by atoms with Crippen LogP contribution >= 0.6 is 0 Å². The SMILES string of the molecule is CC(C)(C)c1cc(-c2c(-c3ccccc3)cccc2-c2ccccc2)c(C#N)c(-c2c(-c3ccccc3)cccc2-c2ccccc2)c1. The average Bonchev–Trinajstić information content (AvgIpc) is 3.14. The second-order valence-corrected chi connectivity index (χ2v) is 13.2. The van der Waals surface area contributed by atoms with Gasteiger partial charge in [0.05, 0.1) is 5.56 Å². The quantitative estimate of drug-likeness (QED) is 0.183. The first kappa shape index (κ1) is 30.7. The van der Waals surface area contributed by atoms with Gasteiger partial charge in [-0.3, -0.25) is 0 Å². The standard InChI is InChI=1S/C47H37N/c1-47(2,3)37-30-42(45-38(33-18-8-4-9-19-33)26-16-27-39(45)34-20-10-5-11-21-34)44(32-48)43(31-37)46-40(35-22-12-6-13-23-35)28-17-29-41(46)36-24-14-7-15-25-36/h4-31H,1-3H3. The number of benzene rings is 7. The van der Waals surface area contributed by atoms with Crippen molar-refractivity contribution in [3.63, 3.8) is 0 Å². The van der Waals surface area contributed by atoms with E-state index < -0.39 is 0 Å². The molecule has 1 heteroatoms. The first-order chi connectivity index (χ1) is 23.4. The summed E-state index contributed by atoms with van der Waals surface area (Å²) in [5, 5.41) is 11.3. The van der Waals surface area contributed by atoms with Crippen LogP contribution in [-0.4, -0.2) is 0 Å². The van der Waals surface area contributed by atoms with Gasteiger partial charge in [-0.2, -0.15) is 5.26 Å². The molecule has 0 aromatic heterocycles. The number of hydrogen-bond donors (Lipinski definition) is 0. The molecule has 0 aliphatic carbocycles. The van der Waals surface area contributed by atoms with Crippen LogP contribution in [0.3, 0.4) is 0 Å². The third kappa shape index (κ3) is 5.86. The molecule has 0 heterocycles. The van der Waals surface area contributed by atoms with Crippen LogP contribution in [0.2, 0.25) is 0 Å². The monoisotopic (exact) mass is 615 g/mol. The second-order valence-electron chi connectivity index (χ2n) is 13.2. The molecule has 0 fully saturated rings. The fraction of sp³-hybridized carbons (Fsp3) is 0.0851. The lowest BCUT2D eigenvalue weighted by Crippen LogP contribution is -2.12. The highest BCUT2D eigenvalue weighted by molar-refractivity contribution is 6.02. The Bertz CT molecular complexity index is 1970. The van der Waals surface area contributed by atoms with Crippen molar-refractivity contribution >= 4 is 0 Å². The van der Waals surface area contributed by atoms with Crippen LogP contribution in [0.15, 0.2) is 170 Å². The molecule has 0 aliphatic heterocycles. The zero-order chi connectivity index (χ0) is 33.1. The van der Waals surface area contributed by atoms with Crippen molar-refractivity contribution in [2.45, 2.75) is 26.2 Å². The van der Waals surface area contributed by atoms with Crippen molar-refractivity contribution in [2.24, 2.45) is 0 Å². The van der Waals surface area contributed by atoms with Gasteiger partial charge >= 0.3 is 0 Å². The molecule has 230 valence electrons. The molecular formula is C47H37N. The summed E-state index contributed by atoms with van der Waals surface area (Å²) < 4.78 is 0. The Labute approximate surface area is 284 Å². The second kappa shape index (κ2) is 13.0. The predicted molar refractivity (Wildman–Crippen MR) is 202 cm³/mol. The van der Waals surface area contributed by atoms with Crippen LogP contribution in [0.25, 0.3) is 66.8 Å². The molecule has 0 amide bonds. The lowest BCUT2D eigenvalue weighted by molar-refractivity contribution is 0.590. The van der Waals surface area contributed by atoms with Crippen molar-refractivity contribution in [1.82, 2.24) is 0 Å². The minimum atomic E-state index is -0.180. The maximum absolute atomic E-state index is 11.3. The predicted octanol–water partition coefficient (Wildman–Crippen LogP) is 12.9. The number of nitriles is 1. The highest BCUT2D eigenvalue weighted by atomic mass is 14.3. The normalized spacial score (nSPS) is 11.2. The lowest BCUT2D eigenvalue weighted by atomic mass is 9.77. The van der Waals surface area contributed by atoms with E-state index in [1.807, 2.05) is 0 Å².